The van der Waals surface area contributed by atoms with Crippen LogP contribution in [0.5, 0.6) is 0 Å². The largest absolute Gasteiger partial charge is 0.310 e. The predicted octanol–water partition coefficient (Wildman–Crippen LogP) is 4.98. The van der Waals surface area contributed by atoms with E-state index in [1.54, 1.807) is 12.1 Å². The number of hydrogen-bond donors (Lipinski definition) is 1. The highest BCUT2D eigenvalue weighted by molar-refractivity contribution is 5.22. The van der Waals surface area contributed by atoms with Crippen LogP contribution in [-0.4, -0.2) is 6.54 Å². The maximum absolute atomic E-state index is 13.8. The summed E-state index contributed by atoms with van der Waals surface area (Å²) in [6.07, 6.45) is 6.76. The van der Waals surface area contributed by atoms with Gasteiger partial charge in [0.1, 0.15) is 0 Å². The fourth-order valence-corrected chi connectivity index (χ4v) is 2.36. The Bertz CT molecular complexity index is 366. The predicted molar refractivity (Wildman–Crippen MR) is 76.2 cm³/mol. The molecular weight excluding hydrogens is 244 g/mol. The molecule has 19 heavy (non-hydrogen) atoms. The molecule has 1 aromatic rings. The fraction of sp³-hybridized carbons (Fsp3) is 0.625. The van der Waals surface area contributed by atoms with Crippen LogP contribution in [0.1, 0.15) is 64.0 Å². The summed E-state index contributed by atoms with van der Waals surface area (Å²) in [4.78, 5) is 0. The quantitative estimate of drug-likeness (QED) is 0.624. The van der Waals surface area contributed by atoms with Crippen LogP contribution < -0.4 is 5.32 Å². The summed E-state index contributed by atoms with van der Waals surface area (Å²) in [7, 11) is 0. The van der Waals surface area contributed by atoms with Crippen LogP contribution in [0.15, 0.2) is 18.2 Å². The molecule has 1 aromatic carbocycles. The van der Waals surface area contributed by atoms with Gasteiger partial charge in [0.25, 0.3) is 0 Å². The Balaban J connectivity index is 2.58. The van der Waals surface area contributed by atoms with E-state index in [1.165, 1.54) is 25.3 Å². The molecule has 0 saturated heterocycles. The van der Waals surface area contributed by atoms with Crippen molar-refractivity contribution in [2.24, 2.45) is 0 Å². The molecular formula is C16H25F2N. The molecule has 0 heterocycles. The van der Waals surface area contributed by atoms with E-state index in [2.05, 4.69) is 12.2 Å². The van der Waals surface area contributed by atoms with E-state index in [9.17, 15) is 8.78 Å². The molecule has 1 rings (SSSR count). The topological polar surface area (TPSA) is 12.0 Å². The third kappa shape index (κ3) is 5.27. The van der Waals surface area contributed by atoms with Crippen LogP contribution in [0.25, 0.3) is 0 Å². The smallest absolute Gasteiger partial charge is 0.163 e. The van der Waals surface area contributed by atoms with Gasteiger partial charge in [-0.2, -0.15) is 0 Å². The van der Waals surface area contributed by atoms with Crippen LogP contribution in [0.2, 0.25) is 0 Å². The highest BCUT2D eigenvalue weighted by atomic mass is 19.2. The standard InChI is InChI=1S/C16H25F2N/c1-3-5-6-7-8-12-15(19-4-2)13-10-9-11-14(17)16(13)18/h9-11,15,19H,3-8,12H2,1-2H3. The van der Waals surface area contributed by atoms with Crippen molar-refractivity contribution in [1.82, 2.24) is 5.32 Å². The molecule has 0 saturated carbocycles. The van der Waals surface area contributed by atoms with E-state index in [-0.39, 0.29) is 6.04 Å². The van der Waals surface area contributed by atoms with E-state index >= 15 is 0 Å². The van der Waals surface area contributed by atoms with E-state index < -0.39 is 11.6 Å². The van der Waals surface area contributed by atoms with Crippen LogP contribution >= 0.6 is 0 Å². The summed E-state index contributed by atoms with van der Waals surface area (Å²) in [5, 5.41) is 3.25. The first-order valence-electron chi connectivity index (χ1n) is 7.38. The van der Waals surface area contributed by atoms with Gasteiger partial charge >= 0.3 is 0 Å². The van der Waals surface area contributed by atoms with Crippen molar-refractivity contribution in [3.05, 3.63) is 35.4 Å². The monoisotopic (exact) mass is 269 g/mol. The number of nitrogens with one attached hydrogen (secondary N) is 1. The summed E-state index contributed by atoms with van der Waals surface area (Å²) >= 11 is 0. The average Bonchev–Trinajstić information content (AvgIpc) is 2.41. The van der Waals surface area contributed by atoms with Crippen molar-refractivity contribution in [3.8, 4) is 0 Å². The Morgan fingerprint density at radius 1 is 1.05 bits per heavy atom. The molecule has 108 valence electrons. The molecule has 1 nitrogen and oxygen atoms in total. The molecule has 0 fully saturated rings. The SMILES string of the molecule is CCCCCCCC(NCC)c1cccc(F)c1F. The fourth-order valence-electron chi connectivity index (χ4n) is 2.36. The lowest BCUT2D eigenvalue weighted by Crippen LogP contribution is -2.22. The lowest BCUT2D eigenvalue weighted by atomic mass is 9.99. The zero-order valence-electron chi connectivity index (χ0n) is 12.0. The summed E-state index contributed by atoms with van der Waals surface area (Å²) in [5.41, 5.74) is 0.456. The average molecular weight is 269 g/mol. The lowest BCUT2D eigenvalue weighted by molar-refractivity contribution is 0.438. The molecule has 0 bridgehead atoms. The third-order valence-electron chi connectivity index (χ3n) is 3.40. The van der Waals surface area contributed by atoms with Crippen molar-refractivity contribution in [1.29, 1.82) is 0 Å². The van der Waals surface area contributed by atoms with Crippen LogP contribution in [0.3, 0.4) is 0 Å². The van der Waals surface area contributed by atoms with E-state index in [0.717, 1.165) is 25.8 Å². The van der Waals surface area contributed by atoms with Gasteiger partial charge in [-0.3, -0.25) is 0 Å². The van der Waals surface area contributed by atoms with Gasteiger partial charge in [-0.05, 0) is 19.0 Å². The van der Waals surface area contributed by atoms with Crippen LogP contribution in [0.4, 0.5) is 8.78 Å². The first kappa shape index (κ1) is 16.1. The van der Waals surface area contributed by atoms with Gasteiger partial charge in [0, 0.05) is 11.6 Å². The molecule has 0 radical (unpaired) electrons. The minimum atomic E-state index is -0.758. The van der Waals surface area contributed by atoms with Crippen LogP contribution in [-0.2, 0) is 0 Å². The molecule has 0 spiro atoms. The van der Waals surface area contributed by atoms with Crippen molar-refractivity contribution < 1.29 is 8.78 Å². The molecule has 0 aromatic heterocycles. The van der Waals surface area contributed by atoms with Crippen molar-refractivity contribution in [3.63, 3.8) is 0 Å². The summed E-state index contributed by atoms with van der Waals surface area (Å²) in [6, 6.07) is 4.35. The van der Waals surface area contributed by atoms with Crippen LogP contribution in [0, 0.1) is 11.6 Å². The zero-order valence-corrected chi connectivity index (χ0v) is 12.0. The number of unbranched alkanes of at least 4 members (excludes halogenated alkanes) is 4. The van der Waals surface area contributed by atoms with Gasteiger partial charge in [0.2, 0.25) is 0 Å². The van der Waals surface area contributed by atoms with Gasteiger partial charge in [-0.25, -0.2) is 8.78 Å². The molecule has 0 amide bonds. The van der Waals surface area contributed by atoms with Crippen molar-refractivity contribution in [2.45, 2.75) is 58.4 Å². The molecule has 1 atom stereocenters. The Morgan fingerprint density at radius 2 is 1.79 bits per heavy atom. The Labute approximate surface area is 115 Å². The van der Waals surface area contributed by atoms with Crippen molar-refractivity contribution in [2.75, 3.05) is 6.54 Å². The van der Waals surface area contributed by atoms with Gasteiger partial charge in [0.15, 0.2) is 11.6 Å². The molecule has 0 aliphatic rings. The second-order valence-corrected chi connectivity index (χ2v) is 4.96. The summed E-state index contributed by atoms with van der Waals surface area (Å²) < 4.78 is 27.1. The second kappa shape index (κ2) is 9.03. The first-order chi connectivity index (χ1) is 9.20. The molecule has 0 aliphatic heterocycles. The zero-order chi connectivity index (χ0) is 14.1. The highest BCUT2D eigenvalue weighted by Gasteiger charge is 2.16. The second-order valence-electron chi connectivity index (χ2n) is 4.96. The van der Waals surface area contributed by atoms with E-state index in [0.29, 0.717) is 5.56 Å². The normalized spacial score (nSPS) is 12.6. The van der Waals surface area contributed by atoms with Gasteiger partial charge < -0.3 is 5.32 Å². The number of halogens is 2. The number of benzene rings is 1. The number of rotatable bonds is 9. The van der Waals surface area contributed by atoms with Crippen molar-refractivity contribution >= 4 is 0 Å². The third-order valence-corrected chi connectivity index (χ3v) is 3.40. The maximum Gasteiger partial charge on any atom is 0.163 e. The van der Waals surface area contributed by atoms with Gasteiger partial charge in [-0.1, -0.05) is 58.1 Å². The molecule has 3 heteroatoms. The molecule has 0 aliphatic carbocycles. The Morgan fingerprint density at radius 3 is 2.47 bits per heavy atom. The summed E-state index contributed by atoms with van der Waals surface area (Å²) in [5.74, 6) is -1.46. The number of hydrogen-bond acceptors (Lipinski definition) is 1. The molecule has 1 N–H and O–H groups in total. The van der Waals surface area contributed by atoms with Gasteiger partial charge in [0.05, 0.1) is 0 Å². The summed E-state index contributed by atoms with van der Waals surface area (Å²) in [6.45, 7) is 4.93. The Kier molecular flexibility index (Phi) is 7.65. The minimum absolute atomic E-state index is 0.0812. The lowest BCUT2D eigenvalue weighted by Gasteiger charge is -2.19. The van der Waals surface area contributed by atoms with Gasteiger partial charge in [-0.15, -0.1) is 0 Å². The molecule has 1 unspecified atom stereocenters. The maximum atomic E-state index is 13.8. The first-order valence-corrected chi connectivity index (χ1v) is 7.38. The Hall–Kier alpha value is -0.960. The minimum Gasteiger partial charge on any atom is -0.310 e. The van der Waals surface area contributed by atoms with E-state index in [1.807, 2.05) is 6.92 Å². The highest BCUT2D eigenvalue weighted by Crippen LogP contribution is 2.24. The van der Waals surface area contributed by atoms with E-state index in [4.69, 9.17) is 0 Å².